The van der Waals surface area contributed by atoms with Crippen LogP contribution >= 0.6 is 11.6 Å². The van der Waals surface area contributed by atoms with Crippen LogP contribution in [0.4, 0.5) is 5.69 Å². The van der Waals surface area contributed by atoms with E-state index in [0.29, 0.717) is 23.6 Å². The fourth-order valence-corrected chi connectivity index (χ4v) is 5.71. The highest BCUT2D eigenvalue weighted by atomic mass is 35.5. The molecule has 0 radical (unpaired) electrons. The number of carbonyl (C=O) groups excluding carboxylic acids is 3. The van der Waals surface area contributed by atoms with E-state index in [9.17, 15) is 14.4 Å². The van der Waals surface area contributed by atoms with Gasteiger partial charge in [0.2, 0.25) is 11.8 Å². The van der Waals surface area contributed by atoms with Gasteiger partial charge in [-0.05, 0) is 55.3 Å². The van der Waals surface area contributed by atoms with Crippen molar-refractivity contribution in [2.45, 2.75) is 64.1 Å². The normalized spacial score (nSPS) is 15.8. The number of hydrogen-bond acceptors (Lipinski definition) is 3. The third kappa shape index (κ3) is 5.21. The van der Waals surface area contributed by atoms with Crippen LogP contribution in [0.25, 0.3) is 10.8 Å². The number of rotatable bonds is 9. The van der Waals surface area contributed by atoms with Crippen molar-refractivity contribution >= 4 is 45.8 Å². The van der Waals surface area contributed by atoms with Crippen molar-refractivity contribution in [2.75, 3.05) is 11.4 Å². The number of hydrogen-bond donors (Lipinski definition) is 1. The van der Waals surface area contributed by atoms with Crippen LogP contribution in [0.15, 0.2) is 60.7 Å². The van der Waals surface area contributed by atoms with Crippen LogP contribution in [0.5, 0.6) is 0 Å². The summed E-state index contributed by atoms with van der Waals surface area (Å²) in [7, 11) is 0. The average Bonchev–Trinajstić information content (AvgIpc) is 3.51. The van der Waals surface area contributed by atoms with Crippen molar-refractivity contribution < 1.29 is 14.4 Å². The minimum Gasteiger partial charge on any atom is -0.352 e. The molecule has 2 aliphatic rings. The Morgan fingerprint density at radius 3 is 2.54 bits per heavy atom. The van der Waals surface area contributed by atoms with Gasteiger partial charge in [-0.3, -0.25) is 14.4 Å². The molecule has 1 aliphatic heterocycles. The number of halogens is 1. The lowest BCUT2D eigenvalue weighted by molar-refractivity contribution is -0.141. The predicted molar refractivity (Wildman–Crippen MR) is 147 cm³/mol. The molecule has 3 aromatic carbocycles. The summed E-state index contributed by atoms with van der Waals surface area (Å²) in [5, 5.41) is 5.70. The second kappa shape index (κ2) is 10.9. The zero-order valence-electron chi connectivity index (χ0n) is 21.1. The van der Waals surface area contributed by atoms with Crippen LogP contribution in [0.3, 0.4) is 0 Å². The highest BCUT2D eigenvalue weighted by Crippen LogP contribution is 2.37. The van der Waals surface area contributed by atoms with Crippen LogP contribution in [0.2, 0.25) is 5.02 Å². The van der Waals surface area contributed by atoms with Gasteiger partial charge < -0.3 is 15.1 Å². The van der Waals surface area contributed by atoms with E-state index in [-0.39, 0.29) is 36.7 Å². The maximum absolute atomic E-state index is 13.5. The molecule has 37 heavy (non-hydrogen) atoms. The van der Waals surface area contributed by atoms with Gasteiger partial charge in [0.1, 0.15) is 6.04 Å². The average molecular weight is 518 g/mol. The van der Waals surface area contributed by atoms with Gasteiger partial charge in [0.05, 0.1) is 5.69 Å². The van der Waals surface area contributed by atoms with Gasteiger partial charge in [-0.2, -0.15) is 0 Å². The summed E-state index contributed by atoms with van der Waals surface area (Å²) in [6.07, 6.45) is 4.92. The predicted octanol–water partition coefficient (Wildman–Crippen LogP) is 5.71. The molecule has 1 saturated carbocycles. The second-order valence-electron chi connectivity index (χ2n) is 10.0. The maximum atomic E-state index is 13.5. The molecule has 0 aromatic heterocycles. The standard InChI is InChI=1S/C30H32ClN3O3/c1-20(29(36)32-23-12-3-4-13-23)34(19-22-9-2-5-15-25(22)31)27(35)17-8-18-33-26-16-7-11-21-10-6-14-24(28(21)26)30(33)37/h2,5-7,9-11,14-16,20,23H,3-4,8,12-13,17-19H2,1H3,(H,32,36). The number of nitrogens with zero attached hydrogens (tertiary/aromatic N) is 2. The summed E-state index contributed by atoms with van der Waals surface area (Å²) in [4.78, 5) is 43.1. The summed E-state index contributed by atoms with van der Waals surface area (Å²) in [6.45, 7) is 2.46. The van der Waals surface area contributed by atoms with Crippen LogP contribution in [-0.2, 0) is 16.1 Å². The molecule has 3 amide bonds. The van der Waals surface area contributed by atoms with Crippen molar-refractivity contribution in [3.63, 3.8) is 0 Å². The van der Waals surface area contributed by atoms with Gasteiger partial charge in [0, 0.05) is 41.5 Å². The summed E-state index contributed by atoms with van der Waals surface area (Å²) in [6, 6.07) is 18.6. The first kappa shape index (κ1) is 25.3. The molecule has 0 bridgehead atoms. The van der Waals surface area contributed by atoms with Crippen molar-refractivity contribution in [2.24, 2.45) is 0 Å². The van der Waals surface area contributed by atoms with Crippen LogP contribution < -0.4 is 10.2 Å². The Hall–Kier alpha value is -3.38. The van der Waals surface area contributed by atoms with Gasteiger partial charge in [0.25, 0.3) is 5.91 Å². The molecule has 5 rings (SSSR count). The SMILES string of the molecule is CC(C(=O)NC1CCCC1)N(Cc1ccccc1Cl)C(=O)CCCN1C(=O)c2cccc3cccc1c23. The smallest absolute Gasteiger partial charge is 0.258 e. The minimum atomic E-state index is -0.629. The Labute approximate surface area is 222 Å². The molecule has 1 heterocycles. The van der Waals surface area contributed by atoms with Gasteiger partial charge in [-0.25, -0.2) is 0 Å². The van der Waals surface area contributed by atoms with E-state index in [4.69, 9.17) is 11.6 Å². The van der Waals surface area contributed by atoms with E-state index in [1.807, 2.05) is 54.6 Å². The number of anilines is 1. The van der Waals surface area contributed by atoms with Crippen LogP contribution in [0, 0.1) is 0 Å². The van der Waals surface area contributed by atoms with Crippen LogP contribution in [-0.4, -0.2) is 41.2 Å². The zero-order valence-corrected chi connectivity index (χ0v) is 21.8. The summed E-state index contributed by atoms with van der Waals surface area (Å²) in [5.74, 6) is -0.294. The van der Waals surface area contributed by atoms with Gasteiger partial charge >= 0.3 is 0 Å². The van der Waals surface area contributed by atoms with Gasteiger partial charge in [0.15, 0.2) is 0 Å². The molecule has 1 atom stereocenters. The highest BCUT2D eigenvalue weighted by molar-refractivity contribution is 6.31. The van der Waals surface area contributed by atoms with E-state index >= 15 is 0 Å². The third-order valence-corrected chi connectivity index (χ3v) is 7.96. The summed E-state index contributed by atoms with van der Waals surface area (Å²) in [5.41, 5.74) is 2.40. The molecular weight excluding hydrogens is 486 g/mol. The fraction of sp³-hybridized carbons (Fsp3) is 0.367. The lowest BCUT2D eigenvalue weighted by Crippen LogP contribution is -2.49. The third-order valence-electron chi connectivity index (χ3n) is 7.59. The maximum Gasteiger partial charge on any atom is 0.258 e. The topological polar surface area (TPSA) is 69.7 Å². The van der Waals surface area contributed by atoms with E-state index in [2.05, 4.69) is 5.32 Å². The number of nitrogens with one attached hydrogen (secondary N) is 1. The molecule has 0 saturated heterocycles. The quantitative estimate of drug-likeness (QED) is 0.395. The number of amides is 3. The zero-order chi connectivity index (χ0) is 25.9. The lowest BCUT2D eigenvalue weighted by Gasteiger charge is -2.30. The first-order valence-electron chi connectivity index (χ1n) is 13.1. The molecule has 1 N–H and O–H groups in total. The van der Waals surface area contributed by atoms with E-state index < -0.39 is 6.04 Å². The largest absolute Gasteiger partial charge is 0.352 e. The summed E-state index contributed by atoms with van der Waals surface area (Å²) >= 11 is 6.40. The van der Waals surface area contributed by atoms with E-state index in [1.165, 1.54) is 0 Å². The van der Waals surface area contributed by atoms with Gasteiger partial charge in [-0.1, -0.05) is 66.9 Å². The minimum absolute atomic E-state index is 0.0310. The molecule has 1 aliphatic carbocycles. The fourth-order valence-electron chi connectivity index (χ4n) is 5.52. The monoisotopic (exact) mass is 517 g/mol. The Morgan fingerprint density at radius 1 is 1.05 bits per heavy atom. The Kier molecular flexibility index (Phi) is 7.47. The molecule has 0 spiro atoms. The Bertz CT molecular complexity index is 1330. The van der Waals surface area contributed by atoms with Crippen molar-refractivity contribution in [1.82, 2.24) is 10.2 Å². The molecule has 1 unspecified atom stereocenters. The van der Waals surface area contributed by atoms with Crippen molar-refractivity contribution in [3.05, 3.63) is 76.8 Å². The number of benzene rings is 3. The van der Waals surface area contributed by atoms with Crippen LogP contribution in [0.1, 0.15) is 61.4 Å². The molecule has 6 nitrogen and oxygen atoms in total. The highest BCUT2D eigenvalue weighted by Gasteiger charge is 2.31. The molecule has 1 fully saturated rings. The van der Waals surface area contributed by atoms with Crippen molar-refractivity contribution in [3.8, 4) is 0 Å². The van der Waals surface area contributed by atoms with E-state index in [0.717, 1.165) is 47.7 Å². The Balaban J connectivity index is 1.28. The number of carbonyl (C=O) groups is 3. The molecular formula is C30H32ClN3O3. The van der Waals surface area contributed by atoms with Gasteiger partial charge in [-0.15, -0.1) is 0 Å². The first-order valence-corrected chi connectivity index (χ1v) is 13.5. The van der Waals surface area contributed by atoms with E-state index in [1.54, 1.807) is 22.8 Å². The van der Waals surface area contributed by atoms with Crippen molar-refractivity contribution in [1.29, 1.82) is 0 Å². The molecule has 3 aromatic rings. The second-order valence-corrected chi connectivity index (χ2v) is 10.4. The Morgan fingerprint density at radius 2 is 1.78 bits per heavy atom. The first-order chi connectivity index (χ1) is 17.9. The molecule has 192 valence electrons. The molecule has 7 heteroatoms. The summed E-state index contributed by atoms with van der Waals surface area (Å²) < 4.78 is 0. The lowest BCUT2D eigenvalue weighted by atomic mass is 10.1.